The summed E-state index contributed by atoms with van der Waals surface area (Å²) < 4.78 is 22.7. The molecule has 1 spiro atoms. The maximum atomic E-state index is 12.6. The number of carbonyl (C=O) groups is 2. The number of rotatable bonds is 8. The van der Waals surface area contributed by atoms with E-state index in [-0.39, 0.29) is 29.5 Å². The molecule has 4 aliphatic rings. The van der Waals surface area contributed by atoms with Gasteiger partial charge in [0.1, 0.15) is 17.3 Å². The van der Waals surface area contributed by atoms with Crippen molar-refractivity contribution in [2.45, 2.75) is 102 Å². The molecule has 2 saturated carbocycles. The van der Waals surface area contributed by atoms with Crippen LogP contribution in [0.15, 0.2) is 11.6 Å². The normalized spacial score (nSPS) is 40.9. The number of nitrogens with one attached hydrogen (secondary N) is 1. The summed E-state index contributed by atoms with van der Waals surface area (Å²) in [6.07, 6.45) is 5.76. The number of epoxide rings is 2. The predicted molar refractivity (Wildman–Crippen MR) is 125 cm³/mol. The highest BCUT2D eigenvalue weighted by molar-refractivity contribution is 5.72. The number of alkyl carbamates (subject to hydrolysis) is 1. The predicted octanol–water partition coefficient (Wildman–Crippen LogP) is 3.50. The van der Waals surface area contributed by atoms with Gasteiger partial charge in [0.2, 0.25) is 0 Å². The van der Waals surface area contributed by atoms with Crippen LogP contribution in [0.2, 0.25) is 0 Å². The van der Waals surface area contributed by atoms with Crippen molar-refractivity contribution in [1.29, 1.82) is 0 Å². The second-order valence-electron chi connectivity index (χ2n) is 11.0. The van der Waals surface area contributed by atoms with E-state index < -0.39 is 23.9 Å². The Morgan fingerprint density at radius 3 is 2.50 bits per heavy atom. The third kappa shape index (κ3) is 5.44. The Morgan fingerprint density at radius 1 is 1.18 bits per heavy atom. The third-order valence-corrected chi connectivity index (χ3v) is 8.25. The highest BCUT2D eigenvalue weighted by atomic mass is 16.6. The molecule has 1 unspecified atom stereocenters. The lowest BCUT2D eigenvalue weighted by Gasteiger charge is -2.40. The summed E-state index contributed by atoms with van der Waals surface area (Å²) in [4.78, 5) is 24.5. The van der Waals surface area contributed by atoms with Gasteiger partial charge in [0, 0.05) is 6.54 Å². The van der Waals surface area contributed by atoms with Gasteiger partial charge in [-0.15, -0.1) is 0 Å². The number of hydrogen-bond acceptors (Lipinski definition) is 7. The summed E-state index contributed by atoms with van der Waals surface area (Å²) in [5.41, 5.74) is 0.409. The van der Waals surface area contributed by atoms with Crippen LogP contribution in [0.4, 0.5) is 4.79 Å². The maximum Gasteiger partial charge on any atom is 0.407 e. The van der Waals surface area contributed by atoms with Crippen molar-refractivity contribution in [3.63, 3.8) is 0 Å². The van der Waals surface area contributed by atoms with Gasteiger partial charge >= 0.3 is 12.1 Å². The molecule has 0 radical (unpaired) electrons. The van der Waals surface area contributed by atoms with E-state index in [0.717, 1.165) is 38.5 Å². The lowest BCUT2D eigenvalue weighted by Crippen LogP contribution is -2.55. The van der Waals surface area contributed by atoms with E-state index in [1.165, 1.54) is 5.57 Å². The highest BCUT2D eigenvalue weighted by Gasteiger charge is 2.71. The fraction of sp³-hybridized carbons (Fsp3) is 0.846. The second-order valence-corrected chi connectivity index (χ2v) is 11.0. The van der Waals surface area contributed by atoms with Crippen LogP contribution in [0.25, 0.3) is 0 Å². The van der Waals surface area contributed by atoms with Gasteiger partial charge in [-0.1, -0.05) is 11.6 Å². The van der Waals surface area contributed by atoms with E-state index >= 15 is 0 Å². The molecular weight excluding hydrogens is 438 g/mol. The first-order valence-electron chi connectivity index (χ1n) is 12.9. The zero-order chi connectivity index (χ0) is 24.5. The average Bonchev–Trinajstić information content (AvgIpc) is 3.71. The van der Waals surface area contributed by atoms with Crippen LogP contribution in [0.3, 0.4) is 0 Å². The van der Waals surface area contributed by atoms with E-state index in [2.05, 4.69) is 25.2 Å². The van der Waals surface area contributed by atoms with Crippen LogP contribution in [-0.2, 0) is 23.7 Å². The zero-order valence-corrected chi connectivity index (χ0v) is 21.0. The van der Waals surface area contributed by atoms with Crippen molar-refractivity contribution in [3.05, 3.63) is 11.6 Å². The average molecular weight is 480 g/mol. The molecule has 2 heterocycles. The van der Waals surface area contributed by atoms with Crippen molar-refractivity contribution < 1.29 is 33.6 Å². The van der Waals surface area contributed by atoms with Crippen molar-refractivity contribution in [2.24, 2.45) is 17.8 Å². The SMILES string of the molecule is CCOC(=O)C1CCC(CNC(=O)O[C@@H]2CC[C@]3(CO3)[C@@H](C3(C)O[C@@H]3CC=C(C)C)[C@@H]2O)CC1. The molecule has 8 nitrogen and oxygen atoms in total. The van der Waals surface area contributed by atoms with Gasteiger partial charge < -0.3 is 29.4 Å². The first-order chi connectivity index (χ1) is 16.2. The molecule has 34 heavy (non-hydrogen) atoms. The van der Waals surface area contributed by atoms with E-state index in [1.54, 1.807) is 0 Å². The van der Waals surface area contributed by atoms with Crippen molar-refractivity contribution >= 4 is 12.1 Å². The maximum absolute atomic E-state index is 12.6. The largest absolute Gasteiger partial charge is 0.466 e. The topological polar surface area (TPSA) is 110 Å². The van der Waals surface area contributed by atoms with Crippen molar-refractivity contribution in [2.75, 3.05) is 19.8 Å². The number of aliphatic hydroxyl groups excluding tert-OH is 1. The lowest BCUT2D eigenvalue weighted by atomic mass is 9.68. The summed E-state index contributed by atoms with van der Waals surface area (Å²) in [6.45, 7) is 9.54. The molecule has 192 valence electrons. The Bertz CT molecular complexity index is 782. The van der Waals surface area contributed by atoms with Gasteiger partial charge in [-0.25, -0.2) is 4.79 Å². The molecule has 6 atom stereocenters. The van der Waals surface area contributed by atoms with Gasteiger partial charge in [0.25, 0.3) is 0 Å². The first-order valence-corrected chi connectivity index (χ1v) is 12.9. The molecule has 8 heteroatoms. The van der Waals surface area contributed by atoms with Crippen LogP contribution >= 0.6 is 0 Å². The fourth-order valence-electron chi connectivity index (χ4n) is 6.09. The first kappa shape index (κ1) is 25.5. The molecule has 0 aromatic heterocycles. The van der Waals surface area contributed by atoms with E-state index in [0.29, 0.717) is 32.1 Å². The van der Waals surface area contributed by atoms with Gasteiger partial charge in [0.15, 0.2) is 0 Å². The summed E-state index contributed by atoms with van der Waals surface area (Å²) in [5.74, 6) is -0.0377. The number of ether oxygens (including phenoxy) is 4. The molecular formula is C26H41NO7. The van der Waals surface area contributed by atoms with Crippen LogP contribution in [-0.4, -0.2) is 66.4 Å². The van der Waals surface area contributed by atoms with Gasteiger partial charge in [0.05, 0.1) is 37.3 Å². The Hall–Kier alpha value is -1.64. The number of aliphatic hydroxyl groups is 1. The molecule has 2 saturated heterocycles. The number of amides is 1. The van der Waals surface area contributed by atoms with Crippen molar-refractivity contribution in [3.8, 4) is 0 Å². The minimum Gasteiger partial charge on any atom is -0.466 e. The summed E-state index contributed by atoms with van der Waals surface area (Å²) in [7, 11) is 0. The molecule has 1 amide bonds. The molecule has 0 aromatic rings. The van der Waals surface area contributed by atoms with E-state index in [4.69, 9.17) is 18.9 Å². The Morgan fingerprint density at radius 2 is 1.88 bits per heavy atom. The molecule has 2 N–H and O–H groups in total. The summed E-state index contributed by atoms with van der Waals surface area (Å²) in [6, 6.07) is 0. The number of hydrogen-bond donors (Lipinski definition) is 2. The molecule has 2 aliphatic heterocycles. The third-order valence-electron chi connectivity index (χ3n) is 8.25. The quantitative estimate of drug-likeness (QED) is 0.311. The number of allylic oxidation sites excluding steroid dienone is 1. The summed E-state index contributed by atoms with van der Waals surface area (Å²) in [5, 5.41) is 14.1. The Kier molecular flexibility index (Phi) is 7.60. The standard InChI is InChI=1S/C26H41NO7/c1-5-31-23(29)18-9-7-17(8-10-18)14-27-24(30)33-19-12-13-26(15-32-26)22(21(19)28)25(4)20(34-25)11-6-16(2)3/h6,17-22,28H,5,7-15H2,1-4H3,(H,27,30)/t17?,18?,19-,20-,21-,22-,25?,26+/m1/s1. The molecule has 0 bridgehead atoms. The summed E-state index contributed by atoms with van der Waals surface area (Å²) >= 11 is 0. The van der Waals surface area contributed by atoms with Crippen LogP contribution in [0.5, 0.6) is 0 Å². The van der Waals surface area contributed by atoms with Crippen LogP contribution < -0.4 is 5.32 Å². The molecule has 0 aromatic carbocycles. The monoisotopic (exact) mass is 479 g/mol. The Labute approximate surface area is 202 Å². The van der Waals surface area contributed by atoms with Gasteiger partial charge in [-0.3, -0.25) is 4.79 Å². The van der Waals surface area contributed by atoms with E-state index in [1.807, 2.05) is 13.8 Å². The van der Waals surface area contributed by atoms with Crippen LogP contribution in [0.1, 0.15) is 72.6 Å². The molecule has 4 rings (SSSR count). The van der Waals surface area contributed by atoms with Gasteiger partial charge in [-0.2, -0.15) is 0 Å². The van der Waals surface area contributed by atoms with Gasteiger partial charge in [-0.05, 0) is 78.6 Å². The second kappa shape index (κ2) is 10.2. The number of esters is 1. The highest BCUT2D eigenvalue weighted by Crippen LogP contribution is 2.59. The minimum atomic E-state index is -0.830. The lowest BCUT2D eigenvalue weighted by molar-refractivity contribution is -0.149. The van der Waals surface area contributed by atoms with Crippen molar-refractivity contribution in [1.82, 2.24) is 5.32 Å². The smallest absolute Gasteiger partial charge is 0.407 e. The minimum absolute atomic E-state index is 0.0269. The number of carbonyl (C=O) groups excluding carboxylic acids is 2. The van der Waals surface area contributed by atoms with Crippen LogP contribution in [0, 0.1) is 17.8 Å². The zero-order valence-electron chi connectivity index (χ0n) is 21.0. The molecule has 4 fully saturated rings. The Balaban J connectivity index is 1.25. The van der Waals surface area contributed by atoms with E-state index in [9.17, 15) is 14.7 Å². The molecule has 2 aliphatic carbocycles. The fourth-order valence-corrected chi connectivity index (χ4v) is 6.09.